The van der Waals surface area contributed by atoms with Crippen molar-refractivity contribution in [2.45, 2.75) is 13.1 Å². The Labute approximate surface area is 91.1 Å². The van der Waals surface area contributed by atoms with E-state index in [2.05, 4.69) is 0 Å². The molecule has 2 aromatic rings. The second-order valence-corrected chi connectivity index (χ2v) is 3.54. The average molecular weight is 225 g/mol. The van der Waals surface area contributed by atoms with Crippen molar-refractivity contribution in [3.63, 3.8) is 0 Å². The summed E-state index contributed by atoms with van der Waals surface area (Å²) in [4.78, 5) is 0. The summed E-state index contributed by atoms with van der Waals surface area (Å²) >= 11 is 0. The molecule has 1 nitrogen and oxygen atoms in total. The summed E-state index contributed by atoms with van der Waals surface area (Å²) in [6.45, 7) is 1.48. The van der Waals surface area contributed by atoms with Gasteiger partial charge in [-0.2, -0.15) is 13.2 Å². The second kappa shape index (κ2) is 3.70. The summed E-state index contributed by atoms with van der Waals surface area (Å²) in [6.07, 6.45) is -0.849. The number of hydrogen-bond donors (Lipinski definition) is 0. The van der Waals surface area contributed by atoms with E-state index >= 15 is 0 Å². The molecule has 1 aromatic heterocycles. The molecular weight excluding hydrogens is 215 g/mol. The molecule has 84 valence electrons. The summed E-state index contributed by atoms with van der Waals surface area (Å²) in [6, 6.07) is 7.75. The Hall–Kier alpha value is -1.71. The highest BCUT2D eigenvalue weighted by Gasteiger charge is 2.32. The van der Waals surface area contributed by atoms with Gasteiger partial charge in [-0.25, -0.2) is 0 Å². The van der Waals surface area contributed by atoms with Crippen molar-refractivity contribution in [2.24, 2.45) is 0 Å². The third-order valence-corrected chi connectivity index (χ3v) is 2.49. The minimum Gasteiger partial charge on any atom is -0.324 e. The Bertz CT molecular complexity index is 483. The molecular formula is C12H10F3N. The minimum absolute atomic E-state index is 0.242. The van der Waals surface area contributed by atoms with Crippen molar-refractivity contribution in [1.82, 2.24) is 4.57 Å². The molecule has 0 atom stereocenters. The van der Waals surface area contributed by atoms with Crippen molar-refractivity contribution < 1.29 is 13.2 Å². The lowest BCUT2D eigenvalue weighted by Crippen LogP contribution is -2.09. The van der Waals surface area contributed by atoms with Gasteiger partial charge in [-0.1, -0.05) is 6.07 Å². The lowest BCUT2D eigenvalue weighted by Gasteiger charge is -2.14. The molecule has 0 unspecified atom stereocenters. The number of hydrogen-bond acceptors (Lipinski definition) is 0. The Kier molecular flexibility index (Phi) is 2.50. The number of benzene rings is 1. The number of halogens is 3. The van der Waals surface area contributed by atoms with Crippen LogP contribution in [0.25, 0.3) is 5.69 Å². The molecule has 0 spiro atoms. The van der Waals surface area contributed by atoms with Crippen molar-refractivity contribution in [1.29, 1.82) is 0 Å². The number of rotatable bonds is 1. The summed E-state index contributed by atoms with van der Waals surface area (Å²) in [5.74, 6) is 0. The van der Waals surface area contributed by atoms with Crippen molar-refractivity contribution in [3.05, 3.63) is 53.9 Å². The molecule has 1 aromatic carbocycles. The molecule has 0 saturated carbocycles. The van der Waals surface area contributed by atoms with Crippen molar-refractivity contribution >= 4 is 0 Å². The molecule has 0 amide bonds. The first kappa shape index (κ1) is 10.8. The van der Waals surface area contributed by atoms with Crippen LogP contribution in [0.2, 0.25) is 0 Å². The Morgan fingerprint density at radius 1 is 1.00 bits per heavy atom. The summed E-state index contributed by atoms with van der Waals surface area (Å²) < 4.78 is 39.7. The molecule has 0 radical (unpaired) electrons. The lowest BCUT2D eigenvalue weighted by molar-refractivity contribution is -0.138. The molecule has 0 fully saturated rings. The maximum Gasteiger partial charge on any atom is 0.416 e. The van der Waals surface area contributed by atoms with E-state index in [1.54, 1.807) is 35.2 Å². The van der Waals surface area contributed by atoms with Gasteiger partial charge in [0.25, 0.3) is 0 Å². The number of aromatic nitrogens is 1. The van der Waals surface area contributed by atoms with Crippen LogP contribution in [-0.4, -0.2) is 4.57 Å². The van der Waals surface area contributed by atoms with Gasteiger partial charge in [0.15, 0.2) is 0 Å². The predicted molar refractivity (Wildman–Crippen MR) is 55.5 cm³/mol. The van der Waals surface area contributed by atoms with E-state index in [9.17, 15) is 13.2 Å². The van der Waals surface area contributed by atoms with E-state index in [1.165, 1.54) is 13.0 Å². The van der Waals surface area contributed by atoms with Crippen LogP contribution in [0, 0.1) is 6.92 Å². The molecule has 0 N–H and O–H groups in total. The molecule has 0 aliphatic carbocycles. The molecule has 2 rings (SSSR count). The van der Waals surface area contributed by atoms with Gasteiger partial charge in [0, 0.05) is 18.1 Å². The predicted octanol–water partition coefficient (Wildman–Crippen LogP) is 3.80. The fraction of sp³-hybridized carbons (Fsp3) is 0.167. The van der Waals surface area contributed by atoms with Gasteiger partial charge in [-0.15, -0.1) is 0 Å². The summed E-state index contributed by atoms with van der Waals surface area (Å²) in [5, 5.41) is 0. The van der Waals surface area contributed by atoms with Crippen LogP contribution in [-0.2, 0) is 6.18 Å². The highest BCUT2D eigenvalue weighted by atomic mass is 19.4. The lowest BCUT2D eigenvalue weighted by atomic mass is 10.1. The molecule has 16 heavy (non-hydrogen) atoms. The maximum absolute atomic E-state index is 12.7. The highest BCUT2D eigenvalue weighted by molar-refractivity contribution is 5.46. The first-order chi connectivity index (χ1) is 7.50. The quantitative estimate of drug-likeness (QED) is 0.695. The minimum atomic E-state index is -4.30. The Morgan fingerprint density at radius 3 is 2.19 bits per heavy atom. The van der Waals surface area contributed by atoms with Crippen molar-refractivity contribution in [2.75, 3.05) is 0 Å². The fourth-order valence-electron chi connectivity index (χ4n) is 1.71. The van der Waals surface area contributed by atoms with Gasteiger partial charge < -0.3 is 4.57 Å². The normalized spacial score (nSPS) is 11.8. The van der Waals surface area contributed by atoms with E-state index in [0.717, 1.165) is 6.07 Å². The van der Waals surface area contributed by atoms with E-state index in [-0.39, 0.29) is 5.56 Å². The molecule has 1 heterocycles. The summed E-state index contributed by atoms with van der Waals surface area (Å²) in [7, 11) is 0. The monoisotopic (exact) mass is 225 g/mol. The maximum atomic E-state index is 12.7. The third-order valence-electron chi connectivity index (χ3n) is 2.49. The average Bonchev–Trinajstić information content (AvgIpc) is 2.69. The first-order valence-electron chi connectivity index (χ1n) is 4.80. The van der Waals surface area contributed by atoms with Crippen LogP contribution in [0.5, 0.6) is 0 Å². The zero-order chi connectivity index (χ0) is 11.8. The topological polar surface area (TPSA) is 4.93 Å². The molecule has 4 heteroatoms. The molecule has 0 aliphatic heterocycles. The first-order valence-corrected chi connectivity index (χ1v) is 4.80. The Morgan fingerprint density at radius 2 is 1.62 bits per heavy atom. The SMILES string of the molecule is Cc1c(-n2cccc2)cccc1C(F)(F)F. The van der Waals surface area contributed by atoms with E-state index in [0.29, 0.717) is 5.69 Å². The van der Waals surface area contributed by atoms with Gasteiger partial charge >= 0.3 is 6.18 Å². The van der Waals surface area contributed by atoms with Crippen molar-refractivity contribution in [3.8, 4) is 5.69 Å². The number of alkyl halides is 3. The zero-order valence-corrected chi connectivity index (χ0v) is 8.62. The van der Waals surface area contributed by atoms with E-state index in [4.69, 9.17) is 0 Å². The van der Waals surface area contributed by atoms with Gasteiger partial charge in [-0.05, 0) is 36.8 Å². The second-order valence-electron chi connectivity index (χ2n) is 3.54. The zero-order valence-electron chi connectivity index (χ0n) is 8.62. The van der Waals surface area contributed by atoms with Crippen LogP contribution in [0.3, 0.4) is 0 Å². The standard InChI is InChI=1S/C12H10F3N/c1-9-10(12(13,14)15)5-4-6-11(9)16-7-2-3-8-16/h2-8H,1H3. The fourth-order valence-corrected chi connectivity index (χ4v) is 1.71. The Balaban J connectivity index is 2.58. The van der Waals surface area contributed by atoms with E-state index in [1.807, 2.05) is 0 Å². The molecule has 0 saturated heterocycles. The van der Waals surface area contributed by atoms with Crippen LogP contribution in [0.1, 0.15) is 11.1 Å². The van der Waals surface area contributed by atoms with Gasteiger partial charge in [0.05, 0.1) is 5.56 Å². The smallest absolute Gasteiger partial charge is 0.324 e. The van der Waals surface area contributed by atoms with Gasteiger partial charge in [0.1, 0.15) is 0 Å². The van der Waals surface area contributed by atoms with Crippen LogP contribution < -0.4 is 0 Å². The van der Waals surface area contributed by atoms with Gasteiger partial charge in [0.2, 0.25) is 0 Å². The molecule has 0 bridgehead atoms. The highest BCUT2D eigenvalue weighted by Crippen LogP contribution is 2.33. The largest absolute Gasteiger partial charge is 0.416 e. The number of nitrogens with zero attached hydrogens (tertiary/aromatic N) is 1. The van der Waals surface area contributed by atoms with Crippen LogP contribution in [0.4, 0.5) is 13.2 Å². The van der Waals surface area contributed by atoms with Crippen LogP contribution in [0.15, 0.2) is 42.7 Å². The summed E-state index contributed by atoms with van der Waals surface area (Å²) in [5.41, 5.74) is 0.213. The van der Waals surface area contributed by atoms with Gasteiger partial charge in [-0.3, -0.25) is 0 Å². The van der Waals surface area contributed by atoms with Crippen LogP contribution >= 0.6 is 0 Å². The third kappa shape index (κ3) is 1.83. The molecule has 0 aliphatic rings. The van der Waals surface area contributed by atoms with E-state index < -0.39 is 11.7 Å².